The lowest BCUT2D eigenvalue weighted by Gasteiger charge is -2.31. The summed E-state index contributed by atoms with van der Waals surface area (Å²) in [6.07, 6.45) is 3.04. The van der Waals surface area contributed by atoms with Gasteiger partial charge in [0.1, 0.15) is 18.1 Å². The van der Waals surface area contributed by atoms with E-state index in [1.54, 1.807) is 12.1 Å². The van der Waals surface area contributed by atoms with E-state index in [0.717, 1.165) is 30.4 Å². The molecule has 2 aromatic heterocycles. The molecule has 0 radical (unpaired) electrons. The highest BCUT2D eigenvalue weighted by Gasteiger charge is 2.37. The van der Waals surface area contributed by atoms with Gasteiger partial charge in [-0.1, -0.05) is 6.07 Å². The van der Waals surface area contributed by atoms with Gasteiger partial charge in [0, 0.05) is 47.5 Å². The highest BCUT2D eigenvalue weighted by molar-refractivity contribution is 5.65. The lowest BCUT2D eigenvalue weighted by atomic mass is 9.90. The fourth-order valence-corrected chi connectivity index (χ4v) is 4.14. The molecule has 7 heteroatoms. The maximum atomic E-state index is 13.1. The van der Waals surface area contributed by atoms with Crippen molar-refractivity contribution in [1.82, 2.24) is 14.9 Å². The Hall–Kier alpha value is -3.19. The average molecular weight is 411 g/mol. The van der Waals surface area contributed by atoms with Crippen LogP contribution in [0.2, 0.25) is 0 Å². The average Bonchev–Trinajstić information content (AvgIpc) is 3.13. The van der Waals surface area contributed by atoms with Crippen molar-refractivity contribution >= 4 is 5.69 Å². The third-order valence-corrected chi connectivity index (χ3v) is 5.62. The Morgan fingerprint density at radius 2 is 2.27 bits per heavy atom. The molecule has 0 spiro atoms. The van der Waals surface area contributed by atoms with Crippen molar-refractivity contribution in [3.63, 3.8) is 0 Å². The number of pyridine rings is 2. The topological polar surface area (TPSA) is 59.4 Å². The molecule has 2 aliphatic rings. The predicted octanol–water partition coefficient (Wildman–Crippen LogP) is 2.85. The Labute approximate surface area is 181 Å². The van der Waals surface area contributed by atoms with Gasteiger partial charge in [0.15, 0.2) is 0 Å². The maximum absolute atomic E-state index is 13.1. The van der Waals surface area contributed by atoms with E-state index in [0.29, 0.717) is 24.3 Å². The number of hydrogen-bond acceptors (Lipinski definition) is 5. The standard InChI is InChI=1S/C23H23FN4O2/c1-27-21-6-8-25-13-20(21)19-5-4-17(10-22(19)27)28-9-7-18(11-23(28)29)30-14-16-3-2-15(24)12-26-16/h2-5,7,9-12,20-21,25H,6,8,13-14H2,1H3/i1D3,14D2. The molecule has 1 fully saturated rings. The summed E-state index contributed by atoms with van der Waals surface area (Å²) in [5.41, 5.74) is 1.40. The molecule has 1 saturated heterocycles. The fraction of sp³-hybridized carbons (Fsp3) is 0.304. The summed E-state index contributed by atoms with van der Waals surface area (Å²) in [7, 11) is 0. The molecule has 2 atom stereocenters. The summed E-state index contributed by atoms with van der Waals surface area (Å²) >= 11 is 0. The molecule has 2 unspecified atom stereocenters. The number of rotatable bonds is 4. The van der Waals surface area contributed by atoms with Crippen LogP contribution in [0.1, 0.15) is 30.4 Å². The van der Waals surface area contributed by atoms with E-state index >= 15 is 0 Å². The first-order valence-corrected chi connectivity index (χ1v) is 9.73. The summed E-state index contributed by atoms with van der Waals surface area (Å²) in [6, 6.07) is 10.0. The first-order valence-electron chi connectivity index (χ1n) is 12.2. The highest BCUT2D eigenvalue weighted by Crippen LogP contribution is 2.42. The van der Waals surface area contributed by atoms with Crippen molar-refractivity contribution in [3.8, 4) is 11.4 Å². The monoisotopic (exact) mass is 411 g/mol. The van der Waals surface area contributed by atoms with Crippen LogP contribution in [-0.2, 0) is 6.56 Å². The highest BCUT2D eigenvalue weighted by atomic mass is 19.1. The van der Waals surface area contributed by atoms with Gasteiger partial charge in [-0.3, -0.25) is 14.3 Å². The van der Waals surface area contributed by atoms with Gasteiger partial charge >= 0.3 is 0 Å². The molecular formula is C23H23FN4O2. The van der Waals surface area contributed by atoms with Gasteiger partial charge in [-0.05, 0) is 48.9 Å². The van der Waals surface area contributed by atoms with Gasteiger partial charge in [-0.25, -0.2) is 4.39 Å². The Balaban J connectivity index is 1.46. The molecule has 1 aromatic carbocycles. The third-order valence-electron chi connectivity index (χ3n) is 5.62. The molecule has 3 aromatic rings. The maximum Gasteiger partial charge on any atom is 0.258 e. The Bertz CT molecular complexity index is 1310. The number of aromatic nitrogens is 2. The number of fused-ring (bicyclic) bond motifs is 3. The second-order valence-corrected chi connectivity index (χ2v) is 7.42. The summed E-state index contributed by atoms with van der Waals surface area (Å²) in [5, 5.41) is 3.33. The van der Waals surface area contributed by atoms with E-state index in [4.69, 9.17) is 11.6 Å². The van der Waals surface area contributed by atoms with Crippen LogP contribution in [0.4, 0.5) is 10.1 Å². The molecule has 154 valence electrons. The summed E-state index contributed by atoms with van der Waals surface area (Å²) < 4.78 is 60.2. The minimum absolute atomic E-state index is 0.0234. The van der Waals surface area contributed by atoms with Crippen LogP contribution in [-0.4, -0.2) is 35.7 Å². The van der Waals surface area contributed by atoms with Gasteiger partial charge in [0.25, 0.3) is 5.56 Å². The number of nitrogens with one attached hydrogen (secondary N) is 1. The molecule has 2 aliphatic heterocycles. The van der Waals surface area contributed by atoms with Gasteiger partial charge in [-0.2, -0.15) is 0 Å². The molecule has 30 heavy (non-hydrogen) atoms. The van der Waals surface area contributed by atoms with Crippen LogP contribution in [0.5, 0.6) is 5.75 Å². The van der Waals surface area contributed by atoms with Crippen LogP contribution in [0.15, 0.2) is 59.7 Å². The van der Waals surface area contributed by atoms with E-state index in [1.807, 2.05) is 6.07 Å². The van der Waals surface area contributed by atoms with Gasteiger partial charge in [0.2, 0.25) is 0 Å². The number of benzene rings is 1. The fourth-order valence-electron chi connectivity index (χ4n) is 4.14. The first kappa shape index (κ1) is 13.9. The zero-order chi connectivity index (χ0) is 25.0. The summed E-state index contributed by atoms with van der Waals surface area (Å²) in [6.45, 7) is -3.26. The smallest absolute Gasteiger partial charge is 0.258 e. The minimum atomic E-state index is -2.38. The van der Waals surface area contributed by atoms with Crippen molar-refractivity contribution in [1.29, 1.82) is 0 Å². The van der Waals surface area contributed by atoms with Crippen molar-refractivity contribution in [2.45, 2.75) is 24.9 Å². The molecule has 4 heterocycles. The zero-order valence-corrected chi connectivity index (χ0v) is 16.0. The molecule has 6 nitrogen and oxygen atoms in total. The lowest BCUT2D eigenvalue weighted by molar-refractivity contribution is 0.300. The Morgan fingerprint density at radius 1 is 1.33 bits per heavy atom. The van der Waals surface area contributed by atoms with Crippen LogP contribution in [0, 0.1) is 5.82 Å². The number of nitrogens with zero attached hydrogens (tertiary/aromatic N) is 3. The lowest BCUT2D eigenvalue weighted by Crippen LogP contribution is -2.42. The van der Waals surface area contributed by atoms with Crippen molar-refractivity contribution in [2.75, 3.05) is 25.0 Å². The van der Waals surface area contributed by atoms with Gasteiger partial charge in [-0.15, -0.1) is 0 Å². The molecule has 0 amide bonds. The van der Waals surface area contributed by atoms with Gasteiger partial charge in [0.05, 0.1) is 20.3 Å². The zero-order valence-electron chi connectivity index (χ0n) is 21.0. The van der Waals surface area contributed by atoms with E-state index in [1.165, 1.54) is 27.8 Å². The number of likely N-dealkylation sites (N-methyl/N-ethyl adjacent to an activating group) is 1. The first-order chi connectivity index (χ1) is 16.5. The number of halogens is 1. The summed E-state index contributed by atoms with van der Waals surface area (Å²) in [4.78, 5) is 18.1. The minimum Gasteiger partial charge on any atom is -0.487 e. The van der Waals surface area contributed by atoms with Crippen LogP contribution in [0.25, 0.3) is 5.69 Å². The van der Waals surface area contributed by atoms with E-state index in [2.05, 4.69) is 10.3 Å². The van der Waals surface area contributed by atoms with Crippen molar-refractivity contribution in [3.05, 3.63) is 82.3 Å². The molecule has 0 saturated carbocycles. The number of hydrogen-bond donors (Lipinski definition) is 1. The summed E-state index contributed by atoms with van der Waals surface area (Å²) in [5.74, 6) is -0.568. The predicted molar refractivity (Wildman–Crippen MR) is 113 cm³/mol. The van der Waals surface area contributed by atoms with E-state index < -0.39 is 24.9 Å². The Kier molecular flexibility index (Phi) is 3.51. The third kappa shape index (κ3) is 3.35. The largest absolute Gasteiger partial charge is 0.487 e. The molecule has 1 N–H and O–H groups in total. The number of anilines is 1. The van der Waals surface area contributed by atoms with Crippen molar-refractivity contribution in [2.24, 2.45) is 0 Å². The van der Waals surface area contributed by atoms with Crippen LogP contribution < -0.4 is 20.5 Å². The number of ether oxygens (including phenoxy) is 1. The van der Waals surface area contributed by atoms with Crippen LogP contribution >= 0.6 is 0 Å². The SMILES string of the molecule is [2H]C([2H])(Oc1ccn(-c2ccc3c(c2)N(C([2H])([2H])[2H])C2CCNCC32)c(=O)c1)c1ccc(F)cn1. The Morgan fingerprint density at radius 3 is 3.07 bits per heavy atom. The quantitative estimate of drug-likeness (QED) is 0.716. The van der Waals surface area contributed by atoms with Gasteiger partial charge < -0.3 is 15.0 Å². The normalized spacial score (nSPS) is 23.4. The van der Waals surface area contributed by atoms with E-state index in [9.17, 15) is 9.18 Å². The van der Waals surface area contributed by atoms with Crippen molar-refractivity contribution < 1.29 is 16.0 Å². The van der Waals surface area contributed by atoms with E-state index in [-0.39, 0.29) is 23.4 Å². The molecule has 0 aliphatic carbocycles. The molecule has 0 bridgehead atoms. The number of piperidine rings is 1. The second-order valence-electron chi connectivity index (χ2n) is 7.42. The van der Waals surface area contributed by atoms with Crippen LogP contribution in [0.3, 0.4) is 0 Å². The second kappa shape index (κ2) is 7.57. The molecular weight excluding hydrogens is 383 g/mol. The molecule has 5 rings (SSSR count).